The van der Waals surface area contributed by atoms with Crippen molar-refractivity contribution in [1.82, 2.24) is 9.97 Å². The molecular formula is C18H24N4O2S2. The molecule has 3 rings (SSSR count). The molecule has 1 fully saturated rings. The number of carbonyl (C=O) groups is 2. The third-order valence-corrected chi connectivity index (χ3v) is 6.96. The van der Waals surface area contributed by atoms with Gasteiger partial charge in [-0.15, -0.1) is 22.7 Å². The fraction of sp³-hybridized carbons (Fsp3) is 0.556. The Morgan fingerprint density at radius 3 is 1.38 bits per heavy atom. The Morgan fingerprint density at radius 1 is 0.769 bits per heavy atom. The summed E-state index contributed by atoms with van der Waals surface area (Å²) in [5, 5.41) is 7.18. The Balaban J connectivity index is 1.50. The predicted octanol–water partition coefficient (Wildman–Crippen LogP) is 4.22. The van der Waals surface area contributed by atoms with Crippen molar-refractivity contribution in [3.63, 3.8) is 0 Å². The van der Waals surface area contributed by atoms with Gasteiger partial charge >= 0.3 is 0 Å². The average Bonchev–Trinajstić information content (AvgIpc) is 3.08. The lowest BCUT2D eigenvalue weighted by atomic mass is 9.81. The van der Waals surface area contributed by atoms with E-state index in [0.29, 0.717) is 10.3 Å². The molecule has 0 unspecified atom stereocenters. The zero-order valence-corrected chi connectivity index (χ0v) is 17.1. The van der Waals surface area contributed by atoms with Crippen molar-refractivity contribution < 1.29 is 9.59 Å². The predicted molar refractivity (Wildman–Crippen MR) is 106 cm³/mol. The maximum Gasteiger partial charge on any atom is 0.229 e. The highest BCUT2D eigenvalue weighted by Crippen LogP contribution is 2.32. The van der Waals surface area contributed by atoms with Crippen molar-refractivity contribution in [1.29, 1.82) is 0 Å². The summed E-state index contributed by atoms with van der Waals surface area (Å²) in [7, 11) is 0. The molecule has 1 saturated carbocycles. The molecule has 2 aromatic heterocycles. The lowest BCUT2D eigenvalue weighted by molar-refractivity contribution is -0.125. The normalized spacial score (nSPS) is 20.0. The summed E-state index contributed by atoms with van der Waals surface area (Å²) < 4.78 is 0. The zero-order chi connectivity index (χ0) is 18.8. The van der Waals surface area contributed by atoms with Gasteiger partial charge in [-0.25, -0.2) is 9.97 Å². The molecule has 0 aromatic carbocycles. The van der Waals surface area contributed by atoms with Crippen molar-refractivity contribution >= 4 is 44.8 Å². The van der Waals surface area contributed by atoms with Crippen LogP contribution in [-0.4, -0.2) is 21.8 Å². The van der Waals surface area contributed by atoms with Crippen LogP contribution in [0.15, 0.2) is 0 Å². The van der Waals surface area contributed by atoms with E-state index in [1.807, 2.05) is 27.7 Å². The largest absolute Gasteiger partial charge is 0.302 e. The van der Waals surface area contributed by atoms with Crippen molar-refractivity contribution in [2.24, 2.45) is 11.8 Å². The smallest absolute Gasteiger partial charge is 0.229 e. The van der Waals surface area contributed by atoms with E-state index >= 15 is 0 Å². The van der Waals surface area contributed by atoms with Gasteiger partial charge in [0.1, 0.15) is 0 Å². The lowest BCUT2D eigenvalue weighted by Gasteiger charge is -2.26. The Bertz CT molecular complexity index is 712. The molecule has 8 heteroatoms. The fourth-order valence-corrected chi connectivity index (χ4v) is 4.72. The Kier molecular flexibility index (Phi) is 5.72. The highest BCUT2D eigenvalue weighted by atomic mass is 32.1. The van der Waals surface area contributed by atoms with Gasteiger partial charge in [0.2, 0.25) is 11.8 Å². The standard InChI is InChI=1S/C18H24N4O2S2/c1-9-11(3)25-17(19-9)21-15(23)13-5-7-14(8-6-13)16(24)22-18-20-10(2)12(4)26-18/h13-14H,5-8H2,1-4H3,(H,19,21,23)(H,20,22,24). The van der Waals surface area contributed by atoms with Gasteiger partial charge in [-0.2, -0.15) is 0 Å². The number of hydrogen-bond donors (Lipinski definition) is 2. The maximum absolute atomic E-state index is 12.4. The number of carbonyl (C=O) groups excluding carboxylic acids is 2. The molecule has 0 aliphatic heterocycles. The lowest BCUT2D eigenvalue weighted by Crippen LogP contribution is -2.32. The van der Waals surface area contributed by atoms with E-state index in [9.17, 15) is 9.59 Å². The molecule has 1 aliphatic rings. The second-order valence-corrected chi connectivity index (χ2v) is 9.25. The van der Waals surface area contributed by atoms with Crippen LogP contribution in [0, 0.1) is 39.5 Å². The second-order valence-electron chi connectivity index (χ2n) is 6.85. The first-order chi connectivity index (χ1) is 12.3. The van der Waals surface area contributed by atoms with Gasteiger partial charge in [0.25, 0.3) is 0 Å². The minimum Gasteiger partial charge on any atom is -0.302 e. The minimum absolute atomic E-state index is 0.0174. The van der Waals surface area contributed by atoms with Crippen LogP contribution < -0.4 is 10.6 Å². The summed E-state index contributed by atoms with van der Waals surface area (Å²) >= 11 is 3.01. The summed E-state index contributed by atoms with van der Waals surface area (Å²) in [5.74, 6) is -0.0617. The van der Waals surface area contributed by atoms with E-state index in [1.54, 1.807) is 0 Å². The number of hydrogen-bond acceptors (Lipinski definition) is 6. The first-order valence-electron chi connectivity index (χ1n) is 8.83. The van der Waals surface area contributed by atoms with Gasteiger partial charge in [-0.3, -0.25) is 9.59 Å². The Labute approximate surface area is 161 Å². The topological polar surface area (TPSA) is 84.0 Å². The van der Waals surface area contributed by atoms with Crippen LogP contribution in [0.3, 0.4) is 0 Å². The van der Waals surface area contributed by atoms with Gasteiger partial charge in [0.05, 0.1) is 11.4 Å². The summed E-state index contributed by atoms with van der Waals surface area (Å²) in [5.41, 5.74) is 1.91. The molecular weight excluding hydrogens is 368 g/mol. The van der Waals surface area contributed by atoms with Crippen LogP contribution in [-0.2, 0) is 9.59 Å². The molecule has 6 nitrogen and oxygen atoms in total. The number of aryl methyl sites for hydroxylation is 4. The number of anilines is 2. The molecule has 0 atom stereocenters. The molecule has 0 spiro atoms. The number of amides is 2. The number of aromatic nitrogens is 2. The summed E-state index contributed by atoms with van der Waals surface area (Å²) in [6, 6.07) is 0. The SMILES string of the molecule is Cc1nc(NC(=O)C2CCC(C(=O)Nc3nc(C)c(C)s3)CC2)sc1C. The van der Waals surface area contributed by atoms with Crippen LogP contribution in [0.25, 0.3) is 0 Å². The molecule has 2 heterocycles. The molecule has 1 aliphatic carbocycles. The van der Waals surface area contributed by atoms with Crippen LogP contribution in [0.4, 0.5) is 10.3 Å². The summed E-state index contributed by atoms with van der Waals surface area (Å²) in [6.07, 6.45) is 2.90. The van der Waals surface area contributed by atoms with Crippen molar-refractivity contribution in [3.8, 4) is 0 Å². The van der Waals surface area contributed by atoms with E-state index in [-0.39, 0.29) is 23.7 Å². The highest BCUT2D eigenvalue weighted by Gasteiger charge is 2.30. The molecule has 0 bridgehead atoms. The van der Waals surface area contributed by atoms with E-state index in [1.165, 1.54) is 22.7 Å². The van der Waals surface area contributed by atoms with E-state index in [0.717, 1.165) is 46.8 Å². The Hall–Kier alpha value is -1.80. The van der Waals surface area contributed by atoms with Gasteiger partial charge in [0, 0.05) is 21.6 Å². The number of nitrogens with one attached hydrogen (secondary N) is 2. The maximum atomic E-state index is 12.4. The van der Waals surface area contributed by atoms with Crippen molar-refractivity contribution in [3.05, 3.63) is 21.1 Å². The summed E-state index contributed by atoms with van der Waals surface area (Å²) in [4.78, 5) is 35.8. The van der Waals surface area contributed by atoms with Crippen LogP contribution in [0.5, 0.6) is 0 Å². The first kappa shape index (κ1) is 19.0. The second kappa shape index (κ2) is 7.84. The van der Waals surface area contributed by atoms with Gasteiger partial charge in [0.15, 0.2) is 10.3 Å². The number of rotatable bonds is 4. The minimum atomic E-state index is -0.0482. The molecule has 2 amide bonds. The van der Waals surface area contributed by atoms with Gasteiger partial charge in [-0.1, -0.05) is 0 Å². The molecule has 2 aromatic rings. The number of nitrogens with zero attached hydrogens (tertiary/aromatic N) is 2. The molecule has 140 valence electrons. The first-order valence-corrected chi connectivity index (χ1v) is 10.5. The molecule has 26 heavy (non-hydrogen) atoms. The summed E-state index contributed by atoms with van der Waals surface area (Å²) in [6.45, 7) is 7.88. The van der Waals surface area contributed by atoms with Crippen LogP contribution >= 0.6 is 22.7 Å². The van der Waals surface area contributed by atoms with Gasteiger partial charge in [-0.05, 0) is 53.4 Å². The van der Waals surface area contributed by atoms with E-state index in [2.05, 4.69) is 20.6 Å². The quantitative estimate of drug-likeness (QED) is 0.816. The highest BCUT2D eigenvalue weighted by molar-refractivity contribution is 7.16. The van der Waals surface area contributed by atoms with Crippen LogP contribution in [0.2, 0.25) is 0 Å². The van der Waals surface area contributed by atoms with Crippen LogP contribution in [0.1, 0.15) is 46.8 Å². The van der Waals surface area contributed by atoms with E-state index in [4.69, 9.17) is 0 Å². The number of thiazole rings is 2. The van der Waals surface area contributed by atoms with Crippen molar-refractivity contribution in [2.75, 3.05) is 10.6 Å². The fourth-order valence-electron chi connectivity index (χ4n) is 3.09. The monoisotopic (exact) mass is 392 g/mol. The third-order valence-electron chi connectivity index (χ3n) is 4.99. The molecule has 2 N–H and O–H groups in total. The van der Waals surface area contributed by atoms with E-state index < -0.39 is 0 Å². The van der Waals surface area contributed by atoms with Gasteiger partial charge < -0.3 is 10.6 Å². The molecule has 0 radical (unpaired) electrons. The van der Waals surface area contributed by atoms with Crippen molar-refractivity contribution in [2.45, 2.75) is 53.4 Å². The third kappa shape index (κ3) is 4.29. The molecule has 0 saturated heterocycles. The zero-order valence-electron chi connectivity index (χ0n) is 15.5. The average molecular weight is 393 g/mol. The Morgan fingerprint density at radius 2 is 1.12 bits per heavy atom.